The summed E-state index contributed by atoms with van der Waals surface area (Å²) in [7, 11) is 1.59. The smallest absolute Gasteiger partial charge is 0.303 e. The lowest BCUT2D eigenvalue weighted by Gasteiger charge is -2.18. The van der Waals surface area contributed by atoms with E-state index in [1.807, 2.05) is 30.3 Å². The van der Waals surface area contributed by atoms with Crippen LogP contribution in [-0.4, -0.2) is 42.1 Å². The maximum atomic E-state index is 11.9. The molecule has 1 amide bonds. The summed E-state index contributed by atoms with van der Waals surface area (Å²) in [6, 6.07) is 7.50. The number of rotatable bonds is 8. The molecule has 22 heavy (non-hydrogen) atoms. The van der Waals surface area contributed by atoms with E-state index in [2.05, 4.69) is 5.92 Å². The summed E-state index contributed by atoms with van der Waals surface area (Å²) >= 11 is 0. The number of amides is 1. The Labute approximate surface area is 130 Å². The van der Waals surface area contributed by atoms with Crippen molar-refractivity contribution < 1.29 is 19.4 Å². The molecule has 0 saturated carbocycles. The Balaban J connectivity index is 2.67. The standard InChI is InChI=1S/C17H19NO4/c1-3-12-18(16(19)10-11-17(20)21)13-6-8-14-7-4-5-9-15(14)22-2/h1,4-9H,10-13H2,2H3,(H,20,21)/b8-6+. The lowest BCUT2D eigenvalue weighted by Crippen LogP contribution is -2.31. The van der Waals surface area contributed by atoms with Gasteiger partial charge in [-0.2, -0.15) is 0 Å². The quantitative estimate of drug-likeness (QED) is 0.746. The van der Waals surface area contributed by atoms with Gasteiger partial charge >= 0.3 is 5.97 Å². The van der Waals surface area contributed by atoms with E-state index < -0.39 is 5.97 Å². The zero-order valence-electron chi connectivity index (χ0n) is 12.5. The second-order valence-corrected chi connectivity index (χ2v) is 4.52. The molecule has 5 heteroatoms. The van der Waals surface area contributed by atoms with Crippen molar-refractivity contribution in [2.24, 2.45) is 0 Å². The van der Waals surface area contributed by atoms with Gasteiger partial charge in [-0.3, -0.25) is 9.59 Å². The van der Waals surface area contributed by atoms with Crippen molar-refractivity contribution in [3.8, 4) is 18.1 Å². The Morgan fingerprint density at radius 1 is 1.36 bits per heavy atom. The highest BCUT2D eigenvalue weighted by Gasteiger charge is 2.12. The summed E-state index contributed by atoms with van der Waals surface area (Å²) in [5, 5.41) is 8.62. The Hall–Kier alpha value is -2.74. The molecule has 0 aliphatic rings. The average molecular weight is 301 g/mol. The third-order valence-electron chi connectivity index (χ3n) is 2.95. The molecule has 0 fully saturated rings. The number of aliphatic carboxylic acids is 1. The van der Waals surface area contributed by atoms with Gasteiger partial charge in [-0.15, -0.1) is 6.42 Å². The van der Waals surface area contributed by atoms with Gasteiger partial charge in [0.15, 0.2) is 0 Å². The van der Waals surface area contributed by atoms with Gasteiger partial charge in [0, 0.05) is 18.5 Å². The maximum Gasteiger partial charge on any atom is 0.303 e. The first-order chi connectivity index (χ1) is 10.6. The third kappa shape index (κ3) is 5.71. The van der Waals surface area contributed by atoms with E-state index in [-0.39, 0.29) is 25.3 Å². The first kappa shape index (κ1) is 17.3. The van der Waals surface area contributed by atoms with Gasteiger partial charge in [0.2, 0.25) is 5.91 Å². The van der Waals surface area contributed by atoms with Crippen LogP contribution in [-0.2, 0) is 9.59 Å². The highest BCUT2D eigenvalue weighted by molar-refractivity contribution is 5.81. The number of carboxylic acid groups (broad SMARTS) is 1. The number of hydrogen-bond donors (Lipinski definition) is 1. The third-order valence-corrected chi connectivity index (χ3v) is 2.95. The number of nitrogens with zero attached hydrogens (tertiary/aromatic N) is 1. The van der Waals surface area contributed by atoms with E-state index in [4.69, 9.17) is 16.3 Å². The summed E-state index contributed by atoms with van der Waals surface area (Å²) < 4.78 is 5.23. The highest BCUT2D eigenvalue weighted by Crippen LogP contribution is 2.18. The molecule has 0 aromatic heterocycles. The average Bonchev–Trinajstić information content (AvgIpc) is 2.52. The van der Waals surface area contributed by atoms with Gasteiger partial charge < -0.3 is 14.7 Å². The molecule has 1 aromatic rings. The number of para-hydroxylation sites is 1. The largest absolute Gasteiger partial charge is 0.496 e. The molecule has 0 aliphatic heterocycles. The van der Waals surface area contributed by atoms with Crippen LogP contribution in [0.5, 0.6) is 5.75 Å². The molecule has 1 N–H and O–H groups in total. The van der Waals surface area contributed by atoms with E-state index in [9.17, 15) is 9.59 Å². The Morgan fingerprint density at radius 3 is 2.73 bits per heavy atom. The van der Waals surface area contributed by atoms with Crippen LogP contribution in [0.3, 0.4) is 0 Å². The minimum absolute atomic E-state index is 0.0560. The van der Waals surface area contributed by atoms with E-state index in [1.54, 1.807) is 13.2 Å². The van der Waals surface area contributed by atoms with Crippen molar-refractivity contribution in [1.29, 1.82) is 0 Å². The van der Waals surface area contributed by atoms with Crippen molar-refractivity contribution in [3.63, 3.8) is 0 Å². The monoisotopic (exact) mass is 301 g/mol. The summed E-state index contributed by atoms with van der Waals surface area (Å²) in [4.78, 5) is 23.9. The number of carboxylic acids is 1. The first-order valence-corrected chi connectivity index (χ1v) is 6.81. The number of ether oxygens (including phenoxy) is 1. The van der Waals surface area contributed by atoms with Gasteiger partial charge in [0.05, 0.1) is 20.1 Å². The van der Waals surface area contributed by atoms with Crippen LogP contribution in [0.2, 0.25) is 0 Å². The normalized spacial score (nSPS) is 10.2. The van der Waals surface area contributed by atoms with Crippen molar-refractivity contribution in [2.45, 2.75) is 12.8 Å². The number of carbonyl (C=O) groups is 2. The molecule has 0 atom stereocenters. The van der Waals surface area contributed by atoms with Crippen LogP contribution in [0.15, 0.2) is 30.3 Å². The van der Waals surface area contributed by atoms with E-state index >= 15 is 0 Å². The Bertz CT molecular complexity index is 587. The van der Waals surface area contributed by atoms with E-state index in [1.165, 1.54) is 4.90 Å². The molecule has 5 nitrogen and oxygen atoms in total. The summed E-state index contributed by atoms with van der Waals surface area (Å²) in [6.07, 6.45) is 8.63. The summed E-state index contributed by atoms with van der Waals surface area (Å²) in [5.74, 6) is 1.87. The molecule has 1 aromatic carbocycles. The van der Waals surface area contributed by atoms with Crippen molar-refractivity contribution in [1.82, 2.24) is 4.90 Å². The summed E-state index contributed by atoms with van der Waals surface area (Å²) in [6.45, 7) is 0.468. The fraction of sp³-hybridized carbons (Fsp3) is 0.294. The second kappa shape index (κ2) is 9.24. The lowest BCUT2D eigenvalue weighted by atomic mass is 10.2. The number of methoxy groups -OCH3 is 1. The molecule has 116 valence electrons. The molecule has 1 rings (SSSR count). The fourth-order valence-corrected chi connectivity index (χ4v) is 1.85. The predicted octanol–water partition coefficient (Wildman–Crippen LogP) is 2.04. The van der Waals surface area contributed by atoms with Crippen LogP contribution in [0.25, 0.3) is 6.08 Å². The van der Waals surface area contributed by atoms with Gasteiger partial charge in [-0.25, -0.2) is 0 Å². The minimum Gasteiger partial charge on any atom is -0.496 e. The van der Waals surface area contributed by atoms with Crippen LogP contribution in [0, 0.1) is 12.3 Å². The van der Waals surface area contributed by atoms with Crippen molar-refractivity contribution in [3.05, 3.63) is 35.9 Å². The molecule has 0 unspecified atom stereocenters. The Kier molecular flexibility index (Phi) is 7.27. The SMILES string of the molecule is C#CCN(C/C=C/c1ccccc1OC)C(=O)CCC(=O)O. The minimum atomic E-state index is -1.00. The van der Waals surface area contributed by atoms with E-state index in [0.717, 1.165) is 11.3 Å². The van der Waals surface area contributed by atoms with E-state index in [0.29, 0.717) is 6.54 Å². The van der Waals surface area contributed by atoms with Crippen LogP contribution in [0.4, 0.5) is 0 Å². The van der Waals surface area contributed by atoms with Crippen LogP contribution in [0.1, 0.15) is 18.4 Å². The molecule has 0 heterocycles. The molecule has 0 saturated heterocycles. The fourth-order valence-electron chi connectivity index (χ4n) is 1.85. The molecule has 0 spiro atoms. The number of carbonyl (C=O) groups excluding carboxylic acids is 1. The number of hydrogen-bond acceptors (Lipinski definition) is 3. The predicted molar refractivity (Wildman–Crippen MR) is 84.3 cm³/mol. The zero-order valence-corrected chi connectivity index (χ0v) is 12.5. The zero-order chi connectivity index (χ0) is 16.4. The number of terminal acetylenes is 1. The van der Waals surface area contributed by atoms with Gasteiger partial charge in [-0.05, 0) is 6.07 Å². The van der Waals surface area contributed by atoms with Gasteiger partial charge in [0.1, 0.15) is 5.75 Å². The van der Waals surface area contributed by atoms with Gasteiger partial charge in [0.25, 0.3) is 0 Å². The topological polar surface area (TPSA) is 66.8 Å². The molecule has 0 aliphatic carbocycles. The van der Waals surface area contributed by atoms with Crippen molar-refractivity contribution in [2.75, 3.05) is 20.2 Å². The maximum absolute atomic E-state index is 11.9. The molecular weight excluding hydrogens is 282 g/mol. The Morgan fingerprint density at radius 2 is 2.09 bits per heavy atom. The lowest BCUT2D eigenvalue weighted by molar-refractivity contribution is -0.140. The second-order valence-electron chi connectivity index (χ2n) is 4.52. The molecule has 0 radical (unpaired) electrons. The van der Waals surface area contributed by atoms with Crippen LogP contribution >= 0.6 is 0 Å². The molecule has 0 bridgehead atoms. The van der Waals surface area contributed by atoms with Crippen molar-refractivity contribution >= 4 is 18.0 Å². The van der Waals surface area contributed by atoms with Gasteiger partial charge in [-0.1, -0.05) is 36.3 Å². The first-order valence-electron chi connectivity index (χ1n) is 6.81. The highest BCUT2D eigenvalue weighted by atomic mass is 16.5. The summed E-state index contributed by atoms with van der Waals surface area (Å²) in [5.41, 5.74) is 0.892. The number of benzene rings is 1. The molecular formula is C17H19NO4. The van der Waals surface area contributed by atoms with Crippen LogP contribution < -0.4 is 4.74 Å².